The second-order valence-electron chi connectivity index (χ2n) is 9.15. The van der Waals surface area contributed by atoms with Gasteiger partial charge in [0.1, 0.15) is 5.82 Å². The van der Waals surface area contributed by atoms with E-state index < -0.39 is 0 Å². The van der Waals surface area contributed by atoms with E-state index in [1.807, 2.05) is 29.1 Å². The van der Waals surface area contributed by atoms with Crippen molar-refractivity contribution in [3.05, 3.63) is 83.9 Å². The highest BCUT2D eigenvalue weighted by Crippen LogP contribution is 2.24. The summed E-state index contributed by atoms with van der Waals surface area (Å²) in [5, 5.41) is 15.2. The molecule has 2 aliphatic rings. The Morgan fingerprint density at radius 2 is 1.61 bits per heavy atom. The molecule has 0 amide bonds. The number of piperazine rings is 1. The van der Waals surface area contributed by atoms with Gasteiger partial charge < -0.3 is 10.0 Å². The summed E-state index contributed by atoms with van der Waals surface area (Å²) in [4.78, 5) is 6.85. The molecule has 3 aromatic rings. The number of β-amino-alcohol motifs (C(OH)–C–C–N with tert-alkyl or cyclic N) is 1. The van der Waals surface area contributed by atoms with Crippen molar-refractivity contribution >= 4 is 5.69 Å². The fraction of sp³-hybridized carbons (Fsp3) is 0.423. The fourth-order valence-corrected chi connectivity index (χ4v) is 5.15. The summed E-state index contributed by atoms with van der Waals surface area (Å²) in [6.45, 7) is 6.59. The van der Waals surface area contributed by atoms with Gasteiger partial charge in [-0.1, -0.05) is 36.4 Å². The van der Waals surface area contributed by atoms with Crippen molar-refractivity contribution in [2.24, 2.45) is 0 Å². The van der Waals surface area contributed by atoms with Crippen molar-refractivity contribution in [3.63, 3.8) is 0 Å². The zero-order valence-electron chi connectivity index (χ0n) is 18.9. The van der Waals surface area contributed by atoms with E-state index >= 15 is 0 Å². The third-order valence-electron chi connectivity index (χ3n) is 6.94. The number of piperidine rings is 1. The van der Waals surface area contributed by atoms with Crippen molar-refractivity contribution in [2.45, 2.75) is 31.7 Å². The third-order valence-corrected chi connectivity index (χ3v) is 6.94. The van der Waals surface area contributed by atoms with Crippen LogP contribution in [-0.4, -0.2) is 76.1 Å². The number of rotatable bonds is 6. The number of anilines is 1. The number of hydrogen-bond donors (Lipinski definition) is 1. The van der Waals surface area contributed by atoms with E-state index in [1.54, 1.807) is 12.3 Å². The summed E-state index contributed by atoms with van der Waals surface area (Å²) in [6, 6.07) is 17.8. The van der Waals surface area contributed by atoms with E-state index in [2.05, 4.69) is 44.1 Å². The molecule has 0 bridgehead atoms. The number of aromatic nitrogens is 2. The average Bonchev–Trinajstić information content (AvgIpc) is 3.34. The minimum Gasteiger partial charge on any atom is -0.390 e. The summed E-state index contributed by atoms with van der Waals surface area (Å²) in [5.41, 5.74) is 3.18. The molecule has 3 heterocycles. The molecular weight excluding hydrogens is 417 g/mol. The number of aliphatic hydroxyl groups excluding tert-OH is 1. The first-order chi connectivity index (χ1) is 16.2. The maximum Gasteiger partial charge on any atom is 0.146 e. The van der Waals surface area contributed by atoms with E-state index in [0.717, 1.165) is 52.2 Å². The summed E-state index contributed by atoms with van der Waals surface area (Å²) >= 11 is 0. The number of para-hydroxylation sites is 1. The maximum atomic E-state index is 14.1. The van der Waals surface area contributed by atoms with Crippen molar-refractivity contribution in [1.29, 1.82) is 0 Å². The molecular formula is C26H32FN5O. The highest BCUT2D eigenvalue weighted by atomic mass is 19.1. The third kappa shape index (κ3) is 5.27. The number of aliphatic hydroxyl groups is 1. The Morgan fingerprint density at radius 3 is 2.27 bits per heavy atom. The highest BCUT2D eigenvalue weighted by Gasteiger charge is 2.34. The fourth-order valence-electron chi connectivity index (χ4n) is 5.15. The molecule has 0 spiro atoms. The lowest BCUT2D eigenvalue weighted by molar-refractivity contribution is -0.0172. The van der Waals surface area contributed by atoms with Gasteiger partial charge in [0.05, 0.1) is 18.3 Å². The molecule has 0 unspecified atom stereocenters. The predicted octanol–water partition coefficient (Wildman–Crippen LogP) is 2.83. The standard InChI is InChI=1S/C26H32FN5O/c27-23-4-1-2-5-24(23)30-14-16-31(17-15-30)25-10-13-29(20-26(25)33)18-21-6-8-22(9-7-21)19-32-12-3-11-28-32/h1-9,11-12,25-26,33H,10,13-20H2/t25-,26-/m1/s1. The number of halogens is 1. The van der Waals surface area contributed by atoms with Crippen LogP contribution in [-0.2, 0) is 13.1 Å². The van der Waals surface area contributed by atoms with Gasteiger partial charge in [0.25, 0.3) is 0 Å². The van der Waals surface area contributed by atoms with Gasteiger partial charge in [-0.25, -0.2) is 4.39 Å². The van der Waals surface area contributed by atoms with E-state index in [-0.39, 0.29) is 18.0 Å². The second-order valence-corrected chi connectivity index (χ2v) is 9.15. The van der Waals surface area contributed by atoms with Crippen molar-refractivity contribution in [1.82, 2.24) is 19.6 Å². The number of likely N-dealkylation sites (tertiary alicyclic amines) is 1. The molecule has 2 aromatic carbocycles. The average molecular weight is 450 g/mol. The molecule has 2 fully saturated rings. The molecule has 7 heteroatoms. The predicted molar refractivity (Wildman–Crippen MR) is 128 cm³/mol. The molecule has 0 radical (unpaired) electrons. The van der Waals surface area contributed by atoms with Crippen LogP contribution in [0.15, 0.2) is 67.0 Å². The Hall–Kier alpha value is -2.74. The molecule has 0 saturated carbocycles. The molecule has 174 valence electrons. The van der Waals surface area contributed by atoms with Crippen LogP contribution >= 0.6 is 0 Å². The molecule has 2 saturated heterocycles. The normalized spacial score (nSPS) is 22.5. The summed E-state index contributed by atoms with van der Waals surface area (Å²) in [6.07, 6.45) is 4.36. The van der Waals surface area contributed by atoms with E-state index in [4.69, 9.17) is 0 Å². The van der Waals surface area contributed by atoms with Crippen LogP contribution in [0, 0.1) is 5.82 Å². The lowest BCUT2D eigenvalue weighted by atomic mass is 9.98. The molecule has 0 aliphatic carbocycles. The first-order valence-corrected chi connectivity index (χ1v) is 11.8. The van der Waals surface area contributed by atoms with Crippen molar-refractivity contribution in [3.8, 4) is 0 Å². The Morgan fingerprint density at radius 1 is 0.879 bits per heavy atom. The SMILES string of the molecule is O[C@@H]1CN(Cc2ccc(Cn3cccn3)cc2)CC[C@H]1N1CCN(c2ccccc2F)CC1. The molecule has 5 rings (SSSR count). The monoisotopic (exact) mass is 449 g/mol. The first kappa shape index (κ1) is 22.1. The van der Waals surface area contributed by atoms with Crippen molar-refractivity contribution < 1.29 is 9.50 Å². The Balaban J connectivity index is 1.10. The zero-order chi connectivity index (χ0) is 22.6. The van der Waals surface area contributed by atoms with Gasteiger partial charge in [-0.05, 0) is 35.7 Å². The van der Waals surface area contributed by atoms with Gasteiger partial charge in [0.15, 0.2) is 0 Å². The Labute approximate surface area is 194 Å². The van der Waals surface area contributed by atoms with Gasteiger partial charge in [0, 0.05) is 64.2 Å². The quantitative estimate of drug-likeness (QED) is 0.627. The van der Waals surface area contributed by atoms with E-state index in [1.165, 1.54) is 17.2 Å². The van der Waals surface area contributed by atoms with Crippen LogP contribution in [0.2, 0.25) is 0 Å². The van der Waals surface area contributed by atoms with Crippen LogP contribution in [0.4, 0.5) is 10.1 Å². The summed E-state index contributed by atoms with van der Waals surface area (Å²) in [7, 11) is 0. The van der Waals surface area contributed by atoms with Crippen LogP contribution in [0.3, 0.4) is 0 Å². The van der Waals surface area contributed by atoms with Gasteiger partial charge >= 0.3 is 0 Å². The highest BCUT2D eigenvalue weighted by molar-refractivity contribution is 5.48. The van der Waals surface area contributed by atoms with Crippen LogP contribution < -0.4 is 4.90 Å². The van der Waals surface area contributed by atoms with Gasteiger partial charge in [-0.2, -0.15) is 5.10 Å². The van der Waals surface area contributed by atoms with Crippen LogP contribution in [0.1, 0.15) is 17.5 Å². The van der Waals surface area contributed by atoms with Crippen LogP contribution in [0.25, 0.3) is 0 Å². The Kier molecular flexibility index (Phi) is 6.71. The molecule has 6 nitrogen and oxygen atoms in total. The molecule has 2 atom stereocenters. The molecule has 1 aromatic heterocycles. The second kappa shape index (κ2) is 10.0. The summed E-state index contributed by atoms with van der Waals surface area (Å²) < 4.78 is 16.0. The topological polar surface area (TPSA) is 47.8 Å². The molecule has 33 heavy (non-hydrogen) atoms. The number of nitrogens with zero attached hydrogens (tertiary/aromatic N) is 5. The van der Waals surface area contributed by atoms with Gasteiger partial charge in [0.2, 0.25) is 0 Å². The van der Waals surface area contributed by atoms with E-state index in [0.29, 0.717) is 12.2 Å². The largest absolute Gasteiger partial charge is 0.390 e. The van der Waals surface area contributed by atoms with Crippen LogP contribution in [0.5, 0.6) is 0 Å². The van der Waals surface area contributed by atoms with Gasteiger partial charge in [-0.3, -0.25) is 14.5 Å². The van der Waals surface area contributed by atoms with Gasteiger partial charge in [-0.15, -0.1) is 0 Å². The maximum absolute atomic E-state index is 14.1. The zero-order valence-corrected chi connectivity index (χ0v) is 18.9. The minimum absolute atomic E-state index is 0.159. The molecule has 2 aliphatic heterocycles. The smallest absolute Gasteiger partial charge is 0.146 e. The van der Waals surface area contributed by atoms with Crippen molar-refractivity contribution in [2.75, 3.05) is 44.2 Å². The number of benzene rings is 2. The molecule has 1 N–H and O–H groups in total. The summed E-state index contributed by atoms with van der Waals surface area (Å²) in [5.74, 6) is -0.159. The first-order valence-electron chi connectivity index (χ1n) is 11.8. The number of hydrogen-bond acceptors (Lipinski definition) is 5. The lowest BCUT2D eigenvalue weighted by Crippen LogP contribution is -2.58. The lowest BCUT2D eigenvalue weighted by Gasteiger charge is -2.45. The minimum atomic E-state index is -0.363. The Bertz CT molecular complexity index is 1020. The van der Waals surface area contributed by atoms with E-state index in [9.17, 15) is 9.50 Å².